The highest BCUT2D eigenvalue weighted by Gasteiger charge is 2.20. The van der Waals surface area contributed by atoms with Gasteiger partial charge < -0.3 is 0 Å². The van der Waals surface area contributed by atoms with Crippen LogP contribution in [-0.2, 0) is 6.42 Å². The molecule has 0 saturated carbocycles. The predicted octanol–water partition coefficient (Wildman–Crippen LogP) is 3.25. The van der Waals surface area contributed by atoms with Crippen LogP contribution in [0.3, 0.4) is 0 Å². The van der Waals surface area contributed by atoms with Crippen LogP contribution in [0.2, 0.25) is 0 Å². The van der Waals surface area contributed by atoms with E-state index in [4.69, 9.17) is 5.84 Å². The smallest absolute Gasteiger partial charge is 0.137 e. The van der Waals surface area contributed by atoms with Gasteiger partial charge in [-0.25, -0.2) is 4.39 Å². The quantitative estimate of drug-likeness (QED) is 0.647. The molecule has 0 bridgehead atoms. The SMILES string of the molecule is CC(C)C(C)C(Cc1cccc(F)c1Br)NN. The lowest BCUT2D eigenvalue weighted by molar-refractivity contribution is 0.299. The Kier molecular flexibility index (Phi) is 5.56. The Morgan fingerprint density at radius 3 is 2.53 bits per heavy atom. The molecule has 0 aliphatic carbocycles. The number of rotatable bonds is 5. The summed E-state index contributed by atoms with van der Waals surface area (Å²) < 4.78 is 13.9. The van der Waals surface area contributed by atoms with E-state index in [0.29, 0.717) is 22.7 Å². The molecular formula is C13H20BrFN2. The van der Waals surface area contributed by atoms with Crippen molar-refractivity contribution in [2.45, 2.75) is 33.2 Å². The van der Waals surface area contributed by atoms with Crippen LogP contribution >= 0.6 is 15.9 Å². The second-order valence-electron chi connectivity index (χ2n) is 4.79. The van der Waals surface area contributed by atoms with Gasteiger partial charge in [0.05, 0.1) is 4.47 Å². The van der Waals surface area contributed by atoms with Gasteiger partial charge in [0.15, 0.2) is 0 Å². The molecule has 0 fully saturated rings. The van der Waals surface area contributed by atoms with Crippen LogP contribution in [0.1, 0.15) is 26.3 Å². The Labute approximate surface area is 111 Å². The summed E-state index contributed by atoms with van der Waals surface area (Å²) in [6.45, 7) is 6.48. The van der Waals surface area contributed by atoms with Crippen LogP contribution in [0, 0.1) is 17.7 Å². The number of benzene rings is 1. The summed E-state index contributed by atoms with van der Waals surface area (Å²) >= 11 is 3.28. The van der Waals surface area contributed by atoms with Gasteiger partial charge in [-0.15, -0.1) is 0 Å². The zero-order valence-corrected chi connectivity index (χ0v) is 12.1. The molecule has 3 N–H and O–H groups in total. The molecule has 2 atom stereocenters. The molecule has 0 aliphatic rings. The fourth-order valence-corrected chi connectivity index (χ4v) is 2.23. The topological polar surface area (TPSA) is 38.0 Å². The van der Waals surface area contributed by atoms with Gasteiger partial charge in [-0.3, -0.25) is 11.3 Å². The van der Waals surface area contributed by atoms with Crippen molar-refractivity contribution in [1.82, 2.24) is 5.43 Å². The van der Waals surface area contributed by atoms with E-state index in [1.54, 1.807) is 6.07 Å². The maximum Gasteiger partial charge on any atom is 0.137 e. The molecular weight excluding hydrogens is 283 g/mol. The fraction of sp³-hybridized carbons (Fsp3) is 0.538. The van der Waals surface area contributed by atoms with Crippen molar-refractivity contribution in [1.29, 1.82) is 0 Å². The zero-order chi connectivity index (χ0) is 13.0. The standard InChI is InChI=1S/C13H20BrFN2/c1-8(2)9(3)12(17-16)7-10-5-4-6-11(15)13(10)14/h4-6,8-9,12,17H,7,16H2,1-3H3. The number of halogens is 2. The van der Waals surface area contributed by atoms with Crippen molar-refractivity contribution in [2.75, 3.05) is 0 Å². The van der Waals surface area contributed by atoms with E-state index in [1.165, 1.54) is 6.07 Å². The molecule has 0 amide bonds. The first-order valence-corrected chi connectivity index (χ1v) is 6.65. The highest BCUT2D eigenvalue weighted by molar-refractivity contribution is 9.10. The van der Waals surface area contributed by atoms with Gasteiger partial charge in [-0.2, -0.15) is 0 Å². The Morgan fingerprint density at radius 2 is 2.00 bits per heavy atom. The van der Waals surface area contributed by atoms with E-state index in [2.05, 4.69) is 42.1 Å². The highest BCUT2D eigenvalue weighted by atomic mass is 79.9. The molecule has 17 heavy (non-hydrogen) atoms. The molecule has 0 aromatic heterocycles. The van der Waals surface area contributed by atoms with Crippen molar-refractivity contribution in [3.05, 3.63) is 34.1 Å². The molecule has 4 heteroatoms. The first-order chi connectivity index (χ1) is 7.97. The van der Waals surface area contributed by atoms with E-state index in [-0.39, 0.29) is 11.9 Å². The third-order valence-corrected chi connectivity index (χ3v) is 4.26. The second-order valence-corrected chi connectivity index (χ2v) is 5.59. The van der Waals surface area contributed by atoms with Crippen LogP contribution in [0.15, 0.2) is 22.7 Å². The minimum atomic E-state index is -0.226. The van der Waals surface area contributed by atoms with Gasteiger partial charge in [0.25, 0.3) is 0 Å². The van der Waals surface area contributed by atoms with Crippen LogP contribution in [-0.4, -0.2) is 6.04 Å². The Hall–Kier alpha value is -0.450. The minimum Gasteiger partial charge on any atom is -0.271 e. The second kappa shape index (κ2) is 6.47. The molecule has 0 spiro atoms. The predicted molar refractivity (Wildman–Crippen MR) is 72.9 cm³/mol. The molecule has 1 rings (SSSR count). The normalized spacial score (nSPS) is 15.0. The lowest BCUT2D eigenvalue weighted by atomic mass is 9.87. The van der Waals surface area contributed by atoms with Gasteiger partial charge >= 0.3 is 0 Å². The molecule has 0 heterocycles. The highest BCUT2D eigenvalue weighted by Crippen LogP contribution is 2.24. The van der Waals surface area contributed by atoms with Crippen LogP contribution in [0.25, 0.3) is 0 Å². The van der Waals surface area contributed by atoms with E-state index in [9.17, 15) is 4.39 Å². The third-order valence-electron chi connectivity index (χ3n) is 3.37. The number of hydrazine groups is 1. The molecule has 96 valence electrons. The number of nitrogens with one attached hydrogen (secondary N) is 1. The average Bonchev–Trinajstić information content (AvgIpc) is 2.30. The Morgan fingerprint density at radius 1 is 1.35 bits per heavy atom. The van der Waals surface area contributed by atoms with Crippen molar-refractivity contribution in [3.63, 3.8) is 0 Å². The minimum absolute atomic E-state index is 0.146. The molecule has 0 aliphatic heterocycles. The number of hydrogen-bond donors (Lipinski definition) is 2. The molecule has 2 nitrogen and oxygen atoms in total. The first-order valence-electron chi connectivity index (χ1n) is 5.86. The number of nitrogens with two attached hydrogens (primary N) is 1. The lowest BCUT2D eigenvalue weighted by Crippen LogP contribution is -2.43. The molecule has 1 aromatic rings. The van der Waals surface area contributed by atoms with Crippen LogP contribution < -0.4 is 11.3 Å². The maximum absolute atomic E-state index is 13.4. The van der Waals surface area contributed by atoms with Gasteiger partial charge in [0.2, 0.25) is 0 Å². The summed E-state index contributed by atoms with van der Waals surface area (Å²) in [5.74, 6) is 6.32. The first kappa shape index (κ1) is 14.6. The largest absolute Gasteiger partial charge is 0.271 e. The Bertz CT molecular complexity index is 368. The summed E-state index contributed by atoms with van der Waals surface area (Å²) in [7, 11) is 0. The molecule has 0 radical (unpaired) electrons. The van der Waals surface area contributed by atoms with Crippen molar-refractivity contribution >= 4 is 15.9 Å². The molecule has 0 saturated heterocycles. The summed E-state index contributed by atoms with van der Waals surface area (Å²) in [4.78, 5) is 0. The lowest BCUT2D eigenvalue weighted by Gasteiger charge is -2.26. The zero-order valence-electron chi connectivity index (χ0n) is 10.5. The van der Waals surface area contributed by atoms with Gasteiger partial charge in [-0.05, 0) is 45.8 Å². The van der Waals surface area contributed by atoms with E-state index >= 15 is 0 Å². The average molecular weight is 303 g/mol. The van der Waals surface area contributed by atoms with E-state index in [0.717, 1.165) is 5.56 Å². The fourth-order valence-electron chi connectivity index (χ4n) is 1.80. The molecule has 1 aromatic carbocycles. The molecule has 2 unspecified atom stereocenters. The van der Waals surface area contributed by atoms with E-state index in [1.807, 2.05) is 6.07 Å². The van der Waals surface area contributed by atoms with Crippen LogP contribution in [0.5, 0.6) is 0 Å². The summed E-state index contributed by atoms with van der Waals surface area (Å²) in [6, 6.07) is 5.24. The van der Waals surface area contributed by atoms with Crippen LogP contribution in [0.4, 0.5) is 4.39 Å². The van der Waals surface area contributed by atoms with Crippen molar-refractivity contribution in [3.8, 4) is 0 Å². The summed E-state index contributed by atoms with van der Waals surface area (Å²) in [5, 5.41) is 0. The van der Waals surface area contributed by atoms with Gasteiger partial charge in [0, 0.05) is 6.04 Å². The summed E-state index contributed by atoms with van der Waals surface area (Å²) in [5.41, 5.74) is 3.78. The van der Waals surface area contributed by atoms with Crippen molar-refractivity contribution in [2.24, 2.45) is 17.7 Å². The monoisotopic (exact) mass is 302 g/mol. The third kappa shape index (κ3) is 3.76. The maximum atomic E-state index is 13.4. The van der Waals surface area contributed by atoms with E-state index < -0.39 is 0 Å². The van der Waals surface area contributed by atoms with Gasteiger partial charge in [-0.1, -0.05) is 32.9 Å². The van der Waals surface area contributed by atoms with Gasteiger partial charge in [0.1, 0.15) is 5.82 Å². The Balaban J connectivity index is 2.84. The number of hydrogen-bond acceptors (Lipinski definition) is 2. The van der Waals surface area contributed by atoms with Crippen molar-refractivity contribution < 1.29 is 4.39 Å². The summed E-state index contributed by atoms with van der Waals surface area (Å²) in [6.07, 6.45) is 0.716.